The molecule has 0 aromatic heterocycles. The van der Waals surface area contributed by atoms with Gasteiger partial charge in [-0.1, -0.05) is 6.42 Å². The standard InChI is InChI=1S/C10H20N2O/c13-8-10(4-1-2-5-12-10)9-3-6-11-7-9/h9,11-13H,1-8H2. The summed E-state index contributed by atoms with van der Waals surface area (Å²) in [4.78, 5) is 0. The van der Waals surface area contributed by atoms with E-state index in [1.54, 1.807) is 0 Å². The van der Waals surface area contributed by atoms with Gasteiger partial charge in [0.05, 0.1) is 6.61 Å². The van der Waals surface area contributed by atoms with E-state index in [0.29, 0.717) is 12.5 Å². The summed E-state index contributed by atoms with van der Waals surface area (Å²) in [6.07, 6.45) is 4.90. The third-order valence-corrected chi connectivity index (χ3v) is 3.65. The van der Waals surface area contributed by atoms with Crippen LogP contribution in [0.25, 0.3) is 0 Å². The Labute approximate surface area is 79.9 Å². The zero-order valence-corrected chi connectivity index (χ0v) is 8.18. The van der Waals surface area contributed by atoms with E-state index in [-0.39, 0.29) is 5.54 Å². The second kappa shape index (κ2) is 3.95. The van der Waals surface area contributed by atoms with Crippen LogP contribution in [0.3, 0.4) is 0 Å². The monoisotopic (exact) mass is 184 g/mol. The minimum atomic E-state index is 0.0434. The van der Waals surface area contributed by atoms with Crippen molar-refractivity contribution in [3.8, 4) is 0 Å². The topological polar surface area (TPSA) is 44.3 Å². The van der Waals surface area contributed by atoms with Gasteiger partial charge in [-0.15, -0.1) is 0 Å². The predicted molar refractivity (Wildman–Crippen MR) is 52.6 cm³/mol. The van der Waals surface area contributed by atoms with Gasteiger partial charge in [0.2, 0.25) is 0 Å². The van der Waals surface area contributed by atoms with E-state index in [2.05, 4.69) is 10.6 Å². The van der Waals surface area contributed by atoms with Gasteiger partial charge in [0.1, 0.15) is 0 Å². The average Bonchev–Trinajstić information content (AvgIpc) is 2.72. The molecule has 2 fully saturated rings. The van der Waals surface area contributed by atoms with Crippen molar-refractivity contribution in [2.75, 3.05) is 26.2 Å². The van der Waals surface area contributed by atoms with Crippen LogP contribution >= 0.6 is 0 Å². The number of piperidine rings is 1. The van der Waals surface area contributed by atoms with Gasteiger partial charge in [-0.3, -0.25) is 0 Å². The van der Waals surface area contributed by atoms with Crippen molar-refractivity contribution in [1.82, 2.24) is 10.6 Å². The van der Waals surface area contributed by atoms with Crippen molar-refractivity contribution in [1.29, 1.82) is 0 Å². The zero-order chi connectivity index (χ0) is 9.15. The van der Waals surface area contributed by atoms with E-state index in [1.807, 2.05) is 0 Å². The van der Waals surface area contributed by atoms with Crippen molar-refractivity contribution < 1.29 is 5.11 Å². The fourth-order valence-corrected chi connectivity index (χ4v) is 2.73. The van der Waals surface area contributed by atoms with Crippen molar-refractivity contribution in [3.63, 3.8) is 0 Å². The quantitative estimate of drug-likeness (QED) is 0.570. The van der Waals surface area contributed by atoms with E-state index >= 15 is 0 Å². The Morgan fingerprint density at radius 2 is 2.23 bits per heavy atom. The van der Waals surface area contributed by atoms with Gasteiger partial charge in [0, 0.05) is 5.54 Å². The summed E-state index contributed by atoms with van der Waals surface area (Å²) in [5, 5.41) is 16.4. The summed E-state index contributed by atoms with van der Waals surface area (Å²) in [5.41, 5.74) is 0.0434. The molecule has 0 saturated carbocycles. The van der Waals surface area contributed by atoms with Gasteiger partial charge in [-0.05, 0) is 44.8 Å². The zero-order valence-electron chi connectivity index (χ0n) is 8.18. The summed E-state index contributed by atoms with van der Waals surface area (Å²) >= 11 is 0. The molecule has 3 N–H and O–H groups in total. The van der Waals surface area contributed by atoms with Gasteiger partial charge >= 0.3 is 0 Å². The predicted octanol–water partition coefficient (Wildman–Crippen LogP) is 0.100. The van der Waals surface area contributed by atoms with Crippen LogP contribution in [0.1, 0.15) is 25.7 Å². The molecule has 2 rings (SSSR count). The summed E-state index contributed by atoms with van der Waals surface area (Å²) in [6.45, 7) is 3.58. The number of hydrogen-bond acceptors (Lipinski definition) is 3. The van der Waals surface area contributed by atoms with E-state index in [9.17, 15) is 5.11 Å². The third-order valence-electron chi connectivity index (χ3n) is 3.65. The number of rotatable bonds is 2. The van der Waals surface area contributed by atoms with Gasteiger partial charge in [-0.25, -0.2) is 0 Å². The summed E-state index contributed by atoms with van der Waals surface area (Å²) < 4.78 is 0. The normalized spacial score (nSPS) is 40.8. The SMILES string of the molecule is OCC1(C2CCNC2)CCCCN1. The van der Waals surface area contributed by atoms with Crippen LogP contribution in [-0.4, -0.2) is 36.9 Å². The molecule has 76 valence electrons. The third kappa shape index (κ3) is 1.73. The van der Waals surface area contributed by atoms with Gasteiger partial charge in [0.15, 0.2) is 0 Å². The molecule has 0 aromatic rings. The molecule has 0 radical (unpaired) electrons. The van der Waals surface area contributed by atoms with E-state index in [0.717, 1.165) is 26.1 Å². The highest BCUT2D eigenvalue weighted by Gasteiger charge is 2.40. The second-order valence-corrected chi connectivity index (χ2v) is 4.39. The van der Waals surface area contributed by atoms with Gasteiger partial charge < -0.3 is 15.7 Å². The van der Waals surface area contributed by atoms with Crippen LogP contribution in [0.2, 0.25) is 0 Å². The molecule has 0 amide bonds. The maximum Gasteiger partial charge on any atom is 0.0616 e. The van der Waals surface area contributed by atoms with Crippen molar-refractivity contribution in [2.45, 2.75) is 31.2 Å². The molecule has 2 unspecified atom stereocenters. The lowest BCUT2D eigenvalue weighted by atomic mass is 9.77. The van der Waals surface area contributed by atoms with Crippen molar-refractivity contribution in [2.24, 2.45) is 5.92 Å². The second-order valence-electron chi connectivity index (χ2n) is 4.39. The van der Waals surface area contributed by atoms with Crippen molar-refractivity contribution >= 4 is 0 Å². The first-order chi connectivity index (χ1) is 6.37. The Kier molecular flexibility index (Phi) is 2.86. The molecular formula is C10H20N2O. The smallest absolute Gasteiger partial charge is 0.0616 e. The summed E-state index contributed by atoms with van der Waals surface area (Å²) in [7, 11) is 0. The Bertz CT molecular complexity index is 160. The van der Waals surface area contributed by atoms with Crippen LogP contribution in [0.4, 0.5) is 0 Å². The largest absolute Gasteiger partial charge is 0.394 e. The lowest BCUT2D eigenvalue weighted by Crippen LogP contribution is -2.57. The lowest BCUT2D eigenvalue weighted by Gasteiger charge is -2.41. The first-order valence-electron chi connectivity index (χ1n) is 5.44. The molecule has 0 aliphatic carbocycles. The molecular weight excluding hydrogens is 164 g/mol. The molecule has 2 aliphatic heterocycles. The molecule has 2 saturated heterocycles. The highest BCUT2D eigenvalue weighted by atomic mass is 16.3. The average molecular weight is 184 g/mol. The van der Waals surface area contributed by atoms with Crippen LogP contribution in [-0.2, 0) is 0 Å². The maximum atomic E-state index is 9.51. The van der Waals surface area contributed by atoms with Crippen LogP contribution in [0, 0.1) is 5.92 Å². The van der Waals surface area contributed by atoms with Crippen LogP contribution in [0.5, 0.6) is 0 Å². The molecule has 0 bridgehead atoms. The number of aliphatic hydroxyl groups is 1. The number of nitrogens with one attached hydrogen (secondary N) is 2. The molecule has 2 atom stereocenters. The number of aliphatic hydroxyl groups excluding tert-OH is 1. The minimum absolute atomic E-state index is 0.0434. The molecule has 3 nitrogen and oxygen atoms in total. The Morgan fingerprint density at radius 3 is 2.77 bits per heavy atom. The minimum Gasteiger partial charge on any atom is -0.394 e. The van der Waals surface area contributed by atoms with Crippen LogP contribution in [0.15, 0.2) is 0 Å². The fourth-order valence-electron chi connectivity index (χ4n) is 2.73. The molecule has 13 heavy (non-hydrogen) atoms. The first-order valence-corrected chi connectivity index (χ1v) is 5.44. The summed E-state index contributed by atoms with van der Waals surface area (Å²) in [6, 6.07) is 0. The van der Waals surface area contributed by atoms with E-state index in [1.165, 1.54) is 19.3 Å². The molecule has 0 aromatic carbocycles. The lowest BCUT2D eigenvalue weighted by molar-refractivity contribution is 0.0842. The first kappa shape index (κ1) is 9.44. The fraction of sp³-hybridized carbons (Fsp3) is 1.00. The highest BCUT2D eigenvalue weighted by molar-refractivity contribution is 4.99. The highest BCUT2D eigenvalue weighted by Crippen LogP contribution is 2.30. The van der Waals surface area contributed by atoms with Crippen molar-refractivity contribution in [3.05, 3.63) is 0 Å². The van der Waals surface area contributed by atoms with Crippen LogP contribution < -0.4 is 10.6 Å². The molecule has 2 aliphatic rings. The Balaban J connectivity index is 2.03. The Hall–Kier alpha value is -0.120. The van der Waals surface area contributed by atoms with E-state index in [4.69, 9.17) is 0 Å². The Morgan fingerprint density at radius 1 is 1.31 bits per heavy atom. The molecule has 0 spiro atoms. The molecule has 3 heteroatoms. The van der Waals surface area contributed by atoms with Gasteiger partial charge in [-0.2, -0.15) is 0 Å². The maximum absolute atomic E-state index is 9.51. The summed E-state index contributed by atoms with van der Waals surface area (Å²) in [5.74, 6) is 0.637. The number of hydrogen-bond donors (Lipinski definition) is 3. The molecule has 2 heterocycles. The van der Waals surface area contributed by atoms with E-state index < -0.39 is 0 Å². The van der Waals surface area contributed by atoms with Gasteiger partial charge in [0.25, 0.3) is 0 Å².